The highest BCUT2D eigenvalue weighted by atomic mass is 16.4. The molecule has 0 amide bonds. The molecule has 3 nitrogen and oxygen atoms in total. The summed E-state index contributed by atoms with van der Waals surface area (Å²) in [6.07, 6.45) is 13.1. The number of unbranched alkanes of at least 4 members (excludes halogenated alkanes) is 1. The van der Waals surface area contributed by atoms with Crippen LogP contribution in [0.4, 0.5) is 0 Å². The molecular weight excluding hydrogens is 240 g/mol. The van der Waals surface area contributed by atoms with E-state index in [2.05, 4.69) is 12.2 Å². The maximum Gasteiger partial charge on any atom is 0.303 e. The molecule has 2 fully saturated rings. The number of allylic oxidation sites excluding steroid dienone is 2. The molecule has 0 radical (unpaired) electrons. The van der Waals surface area contributed by atoms with Gasteiger partial charge in [0.05, 0.1) is 0 Å². The number of hydrogen-bond acceptors (Lipinski definition) is 2. The van der Waals surface area contributed by atoms with Crippen LogP contribution < -0.4 is 0 Å². The lowest BCUT2D eigenvalue weighted by Gasteiger charge is -2.29. The Kier molecular flexibility index (Phi) is 5.17. The van der Waals surface area contributed by atoms with Gasteiger partial charge in [0.2, 0.25) is 0 Å². The van der Waals surface area contributed by atoms with Gasteiger partial charge < -0.3 is 9.90 Å². The van der Waals surface area contributed by atoms with E-state index in [1.807, 2.05) is 0 Å². The molecule has 0 aliphatic heterocycles. The van der Waals surface area contributed by atoms with E-state index in [0.717, 1.165) is 43.8 Å². The van der Waals surface area contributed by atoms with Crippen LogP contribution in [0.2, 0.25) is 0 Å². The average Bonchev–Trinajstić information content (AvgIpc) is 2.95. The Hall–Kier alpha value is -1.12. The first-order valence-electron chi connectivity index (χ1n) is 7.52. The van der Waals surface area contributed by atoms with E-state index in [1.165, 1.54) is 19.3 Å². The zero-order valence-electron chi connectivity index (χ0n) is 11.5. The molecule has 0 unspecified atom stereocenters. The van der Waals surface area contributed by atoms with Crippen LogP contribution in [0.15, 0.2) is 12.2 Å². The second kappa shape index (κ2) is 6.88. The maximum atomic E-state index is 10.8. The van der Waals surface area contributed by atoms with Crippen LogP contribution in [0.1, 0.15) is 51.4 Å². The van der Waals surface area contributed by atoms with Gasteiger partial charge in [0.15, 0.2) is 0 Å². The zero-order valence-corrected chi connectivity index (χ0v) is 11.5. The van der Waals surface area contributed by atoms with E-state index >= 15 is 0 Å². The number of rotatable bonds is 8. The number of carboxylic acids is 1. The minimum Gasteiger partial charge on any atom is -0.481 e. The van der Waals surface area contributed by atoms with Gasteiger partial charge in [-0.3, -0.25) is 4.79 Å². The Morgan fingerprint density at radius 1 is 1.11 bits per heavy atom. The summed E-state index contributed by atoms with van der Waals surface area (Å²) in [6.45, 7) is 0. The fourth-order valence-corrected chi connectivity index (χ4v) is 4.12. The standard InChI is InChI=1S/C16H24O3/c17-10-9-15-13-8-7-12(11-13)14(15)5-3-1-2-4-6-16(18)19/h1,3,10,12-15H,2,4-9,11H2,(H,18,19)/t12-,13+,14-,15+/m0/s1. The highest BCUT2D eigenvalue weighted by Gasteiger charge is 2.46. The van der Waals surface area contributed by atoms with Crippen molar-refractivity contribution in [3.05, 3.63) is 12.2 Å². The smallest absolute Gasteiger partial charge is 0.303 e. The molecule has 1 N–H and O–H groups in total. The lowest BCUT2D eigenvalue weighted by molar-refractivity contribution is -0.137. The average molecular weight is 264 g/mol. The first-order chi connectivity index (χ1) is 9.22. The summed E-state index contributed by atoms with van der Waals surface area (Å²) in [4.78, 5) is 21.2. The molecule has 3 heteroatoms. The lowest BCUT2D eigenvalue weighted by Crippen LogP contribution is -2.22. The molecular formula is C16H24O3. The fourth-order valence-electron chi connectivity index (χ4n) is 4.12. The van der Waals surface area contributed by atoms with Crippen molar-refractivity contribution in [3.63, 3.8) is 0 Å². The molecule has 0 aromatic rings. The van der Waals surface area contributed by atoms with Crippen molar-refractivity contribution in [2.45, 2.75) is 51.4 Å². The molecule has 0 heterocycles. The molecule has 2 saturated carbocycles. The molecule has 2 aliphatic carbocycles. The Morgan fingerprint density at radius 2 is 1.79 bits per heavy atom. The number of hydrogen-bond donors (Lipinski definition) is 1. The van der Waals surface area contributed by atoms with Gasteiger partial charge >= 0.3 is 5.97 Å². The Bertz CT molecular complexity index is 348. The first kappa shape index (κ1) is 14.3. The van der Waals surface area contributed by atoms with Crippen molar-refractivity contribution in [2.75, 3.05) is 0 Å². The number of aldehydes is 1. The van der Waals surface area contributed by atoms with Crippen LogP contribution in [0.3, 0.4) is 0 Å². The highest BCUT2D eigenvalue weighted by Crippen LogP contribution is 2.54. The summed E-state index contributed by atoms with van der Waals surface area (Å²) < 4.78 is 0. The van der Waals surface area contributed by atoms with Crippen LogP contribution in [-0.2, 0) is 9.59 Å². The zero-order chi connectivity index (χ0) is 13.7. The predicted molar refractivity (Wildman–Crippen MR) is 73.7 cm³/mol. The van der Waals surface area contributed by atoms with Crippen LogP contribution in [0.5, 0.6) is 0 Å². The lowest BCUT2D eigenvalue weighted by atomic mass is 9.76. The Balaban J connectivity index is 1.73. The number of aliphatic carboxylic acids is 1. The van der Waals surface area contributed by atoms with E-state index in [0.29, 0.717) is 11.8 Å². The van der Waals surface area contributed by atoms with Gasteiger partial charge in [-0.25, -0.2) is 0 Å². The quantitative estimate of drug-likeness (QED) is 0.415. The van der Waals surface area contributed by atoms with Crippen LogP contribution in [-0.4, -0.2) is 17.4 Å². The topological polar surface area (TPSA) is 54.4 Å². The second-order valence-electron chi connectivity index (χ2n) is 6.06. The van der Waals surface area contributed by atoms with Crippen molar-refractivity contribution in [2.24, 2.45) is 23.7 Å². The van der Waals surface area contributed by atoms with E-state index < -0.39 is 5.97 Å². The van der Waals surface area contributed by atoms with Crippen molar-refractivity contribution in [1.29, 1.82) is 0 Å². The monoisotopic (exact) mass is 264 g/mol. The van der Waals surface area contributed by atoms with Crippen molar-refractivity contribution in [1.82, 2.24) is 0 Å². The van der Waals surface area contributed by atoms with Gasteiger partial charge in [-0.2, -0.15) is 0 Å². The summed E-state index contributed by atoms with van der Waals surface area (Å²) in [5.41, 5.74) is 0. The number of fused-ring (bicyclic) bond motifs is 2. The Labute approximate surface area is 115 Å². The molecule has 0 saturated heterocycles. The van der Waals surface area contributed by atoms with Crippen LogP contribution >= 0.6 is 0 Å². The summed E-state index contributed by atoms with van der Waals surface area (Å²) in [5, 5.41) is 8.55. The number of carboxylic acid groups (broad SMARTS) is 1. The van der Waals surface area contributed by atoms with Gasteiger partial charge in [0.25, 0.3) is 0 Å². The summed E-state index contributed by atoms with van der Waals surface area (Å²) >= 11 is 0. The van der Waals surface area contributed by atoms with Gasteiger partial charge in [-0.1, -0.05) is 12.2 Å². The van der Waals surface area contributed by atoms with E-state index in [1.54, 1.807) is 0 Å². The minimum absolute atomic E-state index is 0.256. The third-order valence-corrected chi connectivity index (χ3v) is 4.98. The maximum absolute atomic E-state index is 10.8. The molecule has 2 rings (SSSR count). The van der Waals surface area contributed by atoms with Crippen molar-refractivity contribution in [3.8, 4) is 0 Å². The van der Waals surface area contributed by atoms with E-state index in [4.69, 9.17) is 5.11 Å². The van der Waals surface area contributed by atoms with Crippen molar-refractivity contribution >= 4 is 12.3 Å². The van der Waals surface area contributed by atoms with Crippen molar-refractivity contribution < 1.29 is 14.7 Å². The first-order valence-corrected chi connectivity index (χ1v) is 7.52. The molecule has 0 spiro atoms. The molecule has 19 heavy (non-hydrogen) atoms. The van der Waals surface area contributed by atoms with Gasteiger partial charge in [-0.05, 0) is 62.2 Å². The van der Waals surface area contributed by atoms with E-state index in [-0.39, 0.29) is 6.42 Å². The molecule has 2 bridgehead atoms. The summed E-state index contributed by atoms with van der Waals surface area (Å²) in [7, 11) is 0. The second-order valence-corrected chi connectivity index (χ2v) is 6.06. The molecule has 106 valence electrons. The fraction of sp³-hybridized carbons (Fsp3) is 0.750. The summed E-state index contributed by atoms with van der Waals surface area (Å²) in [5.74, 6) is 2.21. The van der Waals surface area contributed by atoms with Gasteiger partial charge in [0.1, 0.15) is 6.29 Å². The highest BCUT2D eigenvalue weighted by molar-refractivity contribution is 5.66. The van der Waals surface area contributed by atoms with Crippen LogP contribution in [0, 0.1) is 23.7 Å². The van der Waals surface area contributed by atoms with Gasteiger partial charge in [0, 0.05) is 12.8 Å². The SMILES string of the molecule is O=CC[C@@H]1[C@@H]2CC[C@@H](C2)[C@@H]1CC=CCCCC(=O)O. The molecule has 2 aliphatic rings. The molecule has 4 atom stereocenters. The summed E-state index contributed by atoms with van der Waals surface area (Å²) in [6, 6.07) is 0. The minimum atomic E-state index is -0.715. The van der Waals surface area contributed by atoms with Gasteiger partial charge in [-0.15, -0.1) is 0 Å². The largest absolute Gasteiger partial charge is 0.481 e. The number of carbonyl (C=O) groups excluding carboxylic acids is 1. The van der Waals surface area contributed by atoms with E-state index in [9.17, 15) is 9.59 Å². The van der Waals surface area contributed by atoms with Crippen LogP contribution in [0.25, 0.3) is 0 Å². The predicted octanol–water partition coefficient (Wildman–Crippen LogP) is 3.44. The molecule has 0 aromatic carbocycles. The third-order valence-electron chi connectivity index (χ3n) is 4.98. The normalized spacial score (nSPS) is 33.1. The third kappa shape index (κ3) is 3.68. The Morgan fingerprint density at radius 3 is 2.42 bits per heavy atom. The molecule has 0 aromatic heterocycles. The number of carbonyl (C=O) groups is 2.